The van der Waals surface area contributed by atoms with E-state index in [-0.39, 0.29) is 23.9 Å². The summed E-state index contributed by atoms with van der Waals surface area (Å²) < 4.78 is 27.3. The van der Waals surface area contributed by atoms with Gasteiger partial charge in [0.1, 0.15) is 30.0 Å². The highest BCUT2D eigenvalue weighted by Crippen LogP contribution is 2.45. The second kappa shape index (κ2) is 13.7. The fourth-order valence-corrected chi connectivity index (χ4v) is 7.66. The maximum Gasteiger partial charge on any atom is 0.253 e. The second-order valence-electron chi connectivity index (χ2n) is 14.5. The first-order valence-corrected chi connectivity index (χ1v) is 17.1. The summed E-state index contributed by atoms with van der Waals surface area (Å²) in [6.45, 7) is 14.0. The number of ether oxygens (including phenoxy) is 2. The molecule has 0 aromatic heterocycles. The van der Waals surface area contributed by atoms with Crippen LogP contribution in [0.3, 0.4) is 0 Å². The van der Waals surface area contributed by atoms with Gasteiger partial charge in [-0.05, 0) is 72.8 Å². The number of nitrogens with one attached hydrogen (secondary N) is 1. The molecule has 3 aliphatic heterocycles. The van der Waals surface area contributed by atoms with Gasteiger partial charge in [0.05, 0.1) is 6.54 Å². The standard InChI is InChI=1S/C36H51FN4O3/c1-36(2,3)27-7-4-25(5-8-27)33-20-26(6-9-34(33)44-31-10-13-39-24-31)35(42)41-16-11-30(12-17-41)43-32-22-28(37)21-29(23-32)40-18-14-38-15-19-40/h6,9,20-23,25,27,30-31,38-39H,4-5,7-8,10-19,24H2,1-3H3/p+1/t25?,27?,31-/m0/s1. The summed E-state index contributed by atoms with van der Waals surface area (Å²) in [6, 6.07) is 11.2. The van der Waals surface area contributed by atoms with E-state index in [2.05, 4.69) is 48.4 Å². The Hall–Kier alpha value is -2.84. The van der Waals surface area contributed by atoms with Crippen LogP contribution in [-0.2, 0) is 0 Å². The minimum atomic E-state index is -0.273. The number of amides is 1. The molecule has 1 aliphatic carbocycles. The zero-order valence-corrected chi connectivity index (χ0v) is 27.0. The summed E-state index contributed by atoms with van der Waals surface area (Å²) in [6.07, 6.45) is 7.47. The number of nitrogens with two attached hydrogens (primary N) is 1. The van der Waals surface area contributed by atoms with Crippen molar-refractivity contribution in [2.45, 2.75) is 83.8 Å². The van der Waals surface area contributed by atoms with Crippen LogP contribution >= 0.6 is 0 Å². The number of halogens is 1. The summed E-state index contributed by atoms with van der Waals surface area (Å²) in [5, 5.41) is 5.66. The van der Waals surface area contributed by atoms with Gasteiger partial charge in [-0.3, -0.25) is 4.79 Å². The SMILES string of the molecule is CC(C)(C)C1CCC(c2cc(C(=O)N3CCC(Oc4cc(F)cc(N5CCNCC5)c4)CC3)ccc2O[C@H]2CC[NH2+]C2)CC1. The molecule has 1 saturated carbocycles. The Morgan fingerprint density at radius 3 is 2.32 bits per heavy atom. The number of anilines is 1. The molecule has 8 heteroatoms. The molecule has 1 atom stereocenters. The highest BCUT2D eigenvalue weighted by molar-refractivity contribution is 5.94. The van der Waals surface area contributed by atoms with Gasteiger partial charge in [0.15, 0.2) is 6.10 Å². The molecule has 0 radical (unpaired) electrons. The fourth-order valence-electron chi connectivity index (χ4n) is 7.66. The molecular weight excluding hydrogens is 555 g/mol. The van der Waals surface area contributed by atoms with Crippen LogP contribution in [0.2, 0.25) is 0 Å². The van der Waals surface area contributed by atoms with Crippen LogP contribution in [0.25, 0.3) is 0 Å². The lowest BCUT2D eigenvalue weighted by Crippen LogP contribution is -2.81. The third-order valence-corrected chi connectivity index (χ3v) is 10.4. The van der Waals surface area contributed by atoms with E-state index in [4.69, 9.17) is 9.47 Å². The van der Waals surface area contributed by atoms with Crippen LogP contribution < -0.4 is 25.0 Å². The van der Waals surface area contributed by atoms with Gasteiger partial charge in [0.2, 0.25) is 0 Å². The van der Waals surface area contributed by atoms with Crippen LogP contribution in [0.5, 0.6) is 11.5 Å². The zero-order chi connectivity index (χ0) is 30.7. The van der Waals surface area contributed by atoms with Crippen molar-refractivity contribution in [2.24, 2.45) is 11.3 Å². The monoisotopic (exact) mass is 607 g/mol. The lowest BCUT2D eigenvalue weighted by atomic mass is 9.68. The number of rotatable bonds is 7. The van der Waals surface area contributed by atoms with Crippen molar-refractivity contribution in [3.63, 3.8) is 0 Å². The van der Waals surface area contributed by atoms with Gasteiger partial charge >= 0.3 is 0 Å². The van der Waals surface area contributed by atoms with Crippen molar-refractivity contribution in [1.82, 2.24) is 10.2 Å². The summed E-state index contributed by atoms with van der Waals surface area (Å²) in [7, 11) is 0. The molecule has 2 aromatic carbocycles. The second-order valence-corrected chi connectivity index (χ2v) is 14.5. The maximum absolute atomic E-state index is 14.5. The molecule has 3 heterocycles. The lowest BCUT2D eigenvalue weighted by Gasteiger charge is -2.37. The van der Waals surface area contributed by atoms with E-state index < -0.39 is 0 Å². The molecule has 240 valence electrons. The molecule has 4 fully saturated rings. The largest absolute Gasteiger partial charge is 0.490 e. The Morgan fingerprint density at radius 1 is 0.886 bits per heavy atom. The third kappa shape index (κ3) is 7.51. The molecular formula is C36H52FN4O3+. The Balaban J connectivity index is 1.10. The summed E-state index contributed by atoms with van der Waals surface area (Å²) >= 11 is 0. The number of piperazine rings is 1. The van der Waals surface area contributed by atoms with Crippen molar-refractivity contribution in [2.75, 3.05) is 57.3 Å². The Labute approximate surface area is 262 Å². The van der Waals surface area contributed by atoms with Crippen LogP contribution in [-0.4, -0.2) is 75.4 Å². The molecule has 3 N–H and O–H groups in total. The first kappa shape index (κ1) is 31.2. The predicted octanol–water partition coefficient (Wildman–Crippen LogP) is 4.95. The Bertz CT molecular complexity index is 1270. The van der Waals surface area contributed by atoms with Gasteiger partial charge in [0.25, 0.3) is 5.91 Å². The highest BCUT2D eigenvalue weighted by Gasteiger charge is 2.33. The van der Waals surface area contributed by atoms with Gasteiger partial charge in [-0.2, -0.15) is 0 Å². The molecule has 44 heavy (non-hydrogen) atoms. The summed E-state index contributed by atoms with van der Waals surface area (Å²) in [5.41, 5.74) is 3.18. The Morgan fingerprint density at radius 2 is 1.64 bits per heavy atom. The number of carbonyl (C=O) groups is 1. The molecule has 7 nitrogen and oxygen atoms in total. The number of piperidine rings is 1. The van der Waals surface area contributed by atoms with Gasteiger partial charge in [-0.1, -0.05) is 20.8 Å². The number of nitrogens with zero attached hydrogens (tertiary/aromatic N) is 2. The van der Waals surface area contributed by atoms with Gasteiger partial charge in [0, 0.05) is 81.9 Å². The normalized spacial score (nSPS) is 25.2. The van der Waals surface area contributed by atoms with E-state index in [9.17, 15) is 9.18 Å². The van der Waals surface area contributed by atoms with Crippen molar-refractivity contribution in [3.05, 3.63) is 53.3 Å². The maximum atomic E-state index is 14.5. The van der Waals surface area contributed by atoms with Crippen LogP contribution in [0, 0.1) is 17.2 Å². The van der Waals surface area contributed by atoms with Crippen LogP contribution in [0.15, 0.2) is 36.4 Å². The number of likely N-dealkylation sites (tertiary alicyclic amines) is 1. The smallest absolute Gasteiger partial charge is 0.253 e. The number of hydrogen-bond acceptors (Lipinski definition) is 5. The average Bonchev–Trinajstić information content (AvgIpc) is 3.54. The molecule has 6 rings (SSSR count). The quantitative estimate of drug-likeness (QED) is 0.466. The molecule has 0 unspecified atom stereocenters. The van der Waals surface area contributed by atoms with Crippen molar-refractivity contribution >= 4 is 11.6 Å². The van der Waals surface area contributed by atoms with Crippen LogP contribution in [0.1, 0.15) is 87.6 Å². The fraction of sp³-hybridized carbons (Fsp3) is 0.639. The topological polar surface area (TPSA) is 70.7 Å². The molecule has 3 saturated heterocycles. The van der Waals surface area contributed by atoms with E-state index in [1.165, 1.54) is 24.5 Å². The van der Waals surface area contributed by atoms with Gasteiger partial charge in [-0.15, -0.1) is 0 Å². The first-order chi connectivity index (χ1) is 21.2. The lowest BCUT2D eigenvalue weighted by molar-refractivity contribution is -0.638. The molecule has 0 bridgehead atoms. The van der Waals surface area contributed by atoms with Crippen LogP contribution in [0.4, 0.5) is 10.1 Å². The van der Waals surface area contributed by atoms with Gasteiger partial charge in [-0.25, -0.2) is 4.39 Å². The number of quaternary nitrogens is 1. The van der Waals surface area contributed by atoms with E-state index in [1.54, 1.807) is 6.07 Å². The molecule has 0 spiro atoms. The minimum absolute atomic E-state index is 0.0377. The highest BCUT2D eigenvalue weighted by atomic mass is 19.1. The zero-order valence-electron chi connectivity index (χ0n) is 27.0. The van der Waals surface area contributed by atoms with E-state index in [0.29, 0.717) is 30.2 Å². The predicted molar refractivity (Wildman–Crippen MR) is 172 cm³/mol. The summed E-state index contributed by atoms with van der Waals surface area (Å²) in [5.74, 6) is 2.53. The molecule has 4 aliphatic rings. The Kier molecular flexibility index (Phi) is 9.67. The van der Waals surface area contributed by atoms with Crippen molar-refractivity contribution in [3.8, 4) is 11.5 Å². The van der Waals surface area contributed by atoms with E-state index >= 15 is 0 Å². The number of carbonyl (C=O) groups excluding carboxylic acids is 1. The molecule has 2 aromatic rings. The van der Waals surface area contributed by atoms with Crippen molar-refractivity contribution in [1.29, 1.82) is 0 Å². The first-order valence-electron chi connectivity index (χ1n) is 17.1. The van der Waals surface area contributed by atoms with Crippen molar-refractivity contribution < 1.29 is 24.0 Å². The minimum Gasteiger partial charge on any atom is -0.490 e. The van der Waals surface area contributed by atoms with E-state index in [0.717, 1.165) is 94.3 Å². The number of hydrogen-bond donors (Lipinski definition) is 2. The average molecular weight is 608 g/mol. The molecule has 1 amide bonds. The number of benzene rings is 2. The summed E-state index contributed by atoms with van der Waals surface area (Å²) in [4.78, 5) is 17.9. The van der Waals surface area contributed by atoms with E-state index in [1.807, 2.05) is 17.0 Å². The van der Waals surface area contributed by atoms with Gasteiger partial charge < -0.3 is 29.9 Å². The third-order valence-electron chi connectivity index (χ3n) is 10.4.